The number of nitrogens with one attached hydrogen (secondary N) is 1. The number of carbonyl (C=O) groups excluding carboxylic acids is 3. The molecule has 5 nitrogen and oxygen atoms in total. The van der Waals surface area contributed by atoms with E-state index in [-0.39, 0.29) is 11.9 Å². The van der Waals surface area contributed by atoms with Gasteiger partial charge in [0.25, 0.3) is 0 Å². The molecule has 0 bridgehead atoms. The van der Waals surface area contributed by atoms with E-state index in [1.54, 1.807) is 13.8 Å². The maximum Gasteiger partial charge on any atom is 0.331 e. The van der Waals surface area contributed by atoms with Gasteiger partial charge in [-0.05, 0) is 39.5 Å². The van der Waals surface area contributed by atoms with E-state index in [2.05, 4.69) is 5.32 Å². The molecule has 17 heavy (non-hydrogen) atoms. The highest BCUT2D eigenvalue weighted by molar-refractivity contribution is 6.18. The Labute approximate surface area is 101 Å². The first-order valence-corrected chi connectivity index (χ1v) is 6.04. The number of imide groups is 2. The molecule has 1 heterocycles. The maximum absolute atomic E-state index is 12.2. The first-order chi connectivity index (χ1) is 7.85. The molecule has 1 saturated heterocycles. The van der Waals surface area contributed by atoms with Crippen molar-refractivity contribution >= 4 is 17.8 Å². The number of barbiturate groups is 1. The van der Waals surface area contributed by atoms with Crippen LogP contribution >= 0.6 is 0 Å². The summed E-state index contributed by atoms with van der Waals surface area (Å²) in [6.45, 7) is 4.99. The molecular weight excluding hydrogens is 220 g/mol. The van der Waals surface area contributed by atoms with Crippen molar-refractivity contribution in [2.24, 2.45) is 11.3 Å². The van der Waals surface area contributed by atoms with Crippen molar-refractivity contribution < 1.29 is 14.4 Å². The summed E-state index contributed by atoms with van der Waals surface area (Å²) in [5.74, 6) is -0.510. The van der Waals surface area contributed by atoms with Crippen molar-refractivity contribution in [2.45, 2.75) is 46.1 Å². The van der Waals surface area contributed by atoms with Crippen molar-refractivity contribution in [1.82, 2.24) is 10.2 Å². The molecule has 1 unspecified atom stereocenters. The van der Waals surface area contributed by atoms with Gasteiger partial charge >= 0.3 is 6.03 Å². The van der Waals surface area contributed by atoms with E-state index in [0.29, 0.717) is 5.92 Å². The lowest BCUT2D eigenvalue weighted by molar-refractivity contribution is -0.151. The van der Waals surface area contributed by atoms with Gasteiger partial charge in [-0.3, -0.25) is 19.8 Å². The summed E-state index contributed by atoms with van der Waals surface area (Å²) in [6, 6.07) is -0.692. The SMILES string of the molecule is CC(C1CCC1)N1C(=O)NC(=O)C(C)(C)C1=O. The number of nitrogens with zero attached hydrogens (tertiary/aromatic N) is 1. The van der Waals surface area contributed by atoms with Gasteiger partial charge in [-0.1, -0.05) is 6.42 Å². The minimum Gasteiger partial charge on any atom is -0.277 e. The van der Waals surface area contributed by atoms with Gasteiger partial charge < -0.3 is 0 Å². The predicted molar refractivity (Wildman–Crippen MR) is 61.0 cm³/mol. The minimum atomic E-state index is -1.15. The van der Waals surface area contributed by atoms with E-state index in [0.717, 1.165) is 19.3 Å². The summed E-state index contributed by atoms with van der Waals surface area (Å²) in [4.78, 5) is 36.8. The van der Waals surface area contributed by atoms with Gasteiger partial charge in [-0.2, -0.15) is 0 Å². The van der Waals surface area contributed by atoms with Crippen LogP contribution < -0.4 is 5.32 Å². The second kappa shape index (κ2) is 3.82. The van der Waals surface area contributed by atoms with Crippen molar-refractivity contribution in [3.8, 4) is 0 Å². The van der Waals surface area contributed by atoms with Gasteiger partial charge in [0.15, 0.2) is 0 Å². The van der Waals surface area contributed by atoms with Crippen molar-refractivity contribution in [1.29, 1.82) is 0 Å². The molecule has 2 fully saturated rings. The first-order valence-electron chi connectivity index (χ1n) is 6.04. The second-order valence-corrected chi connectivity index (χ2v) is 5.49. The zero-order valence-electron chi connectivity index (χ0n) is 10.4. The fraction of sp³-hybridized carbons (Fsp3) is 0.750. The highest BCUT2D eigenvalue weighted by atomic mass is 16.2. The van der Waals surface area contributed by atoms with Crippen LogP contribution in [0.3, 0.4) is 0 Å². The molecule has 4 amide bonds. The molecule has 0 radical (unpaired) electrons. The largest absolute Gasteiger partial charge is 0.331 e. The van der Waals surface area contributed by atoms with E-state index >= 15 is 0 Å². The summed E-state index contributed by atoms with van der Waals surface area (Å²) in [5.41, 5.74) is -1.15. The quantitative estimate of drug-likeness (QED) is 0.737. The molecule has 1 saturated carbocycles. The Morgan fingerprint density at radius 1 is 1.29 bits per heavy atom. The standard InChI is InChI=1S/C12H18N2O3/c1-7(8-5-4-6-8)14-10(16)12(2,3)9(15)13-11(14)17/h7-8H,4-6H2,1-3H3,(H,13,15,17). The summed E-state index contributed by atoms with van der Waals surface area (Å²) in [7, 11) is 0. The zero-order valence-corrected chi connectivity index (χ0v) is 10.4. The van der Waals surface area contributed by atoms with Crippen LogP contribution in [0.2, 0.25) is 0 Å². The highest BCUT2D eigenvalue weighted by Crippen LogP contribution is 2.35. The molecule has 94 valence electrons. The van der Waals surface area contributed by atoms with Crippen LogP contribution in [0.4, 0.5) is 4.79 Å². The zero-order chi connectivity index (χ0) is 12.8. The molecule has 1 atom stereocenters. The van der Waals surface area contributed by atoms with Gasteiger partial charge in [0, 0.05) is 6.04 Å². The van der Waals surface area contributed by atoms with Crippen LogP contribution in [0, 0.1) is 11.3 Å². The Morgan fingerprint density at radius 2 is 1.88 bits per heavy atom. The number of urea groups is 1. The minimum absolute atomic E-state index is 0.122. The van der Waals surface area contributed by atoms with Crippen LogP contribution in [-0.2, 0) is 9.59 Å². The molecule has 2 aliphatic rings. The summed E-state index contributed by atoms with van der Waals surface area (Å²) in [5, 5.41) is 2.26. The molecule has 5 heteroatoms. The van der Waals surface area contributed by atoms with E-state index in [1.165, 1.54) is 4.90 Å². The molecular formula is C12H18N2O3. The fourth-order valence-corrected chi connectivity index (χ4v) is 2.31. The van der Waals surface area contributed by atoms with Gasteiger partial charge in [-0.15, -0.1) is 0 Å². The van der Waals surface area contributed by atoms with Crippen LogP contribution in [0.5, 0.6) is 0 Å². The molecule has 1 aliphatic heterocycles. The Morgan fingerprint density at radius 3 is 2.35 bits per heavy atom. The van der Waals surface area contributed by atoms with Crippen LogP contribution in [-0.4, -0.2) is 28.8 Å². The third-order valence-corrected chi connectivity index (χ3v) is 4.00. The lowest BCUT2D eigenvalue weighted by Crippen LogP contribution is -2.65. The van der Waals surface area contributed by atoms with Crippen LogP contribution in [0.25, 0.3) is 0 Å². The van der Waals surface area contributed by atoms with Crippen LogP contribution in [0.15, 0.2) is 0 Å². The van der Waals surface area contributed by atoms with Gasteiger partial charge in [-0.25, -0.2) is 4.79 Å². The third-order valence-electron chi connectivity index (χ3n) is 4.00. The van der Waals surface area contributed by atoms with E-state index < -0.39 is 17.4 Å². The predicted octanol–water partition coefficient (Wildman–Crippen LogP) is 1.28. The van der Waals surface area contributed by atoms with Gasteiger partial charge in [0.1, 0.15) is 5.41 Å². The normalized spacial score (nSPS) is 26.5. The molecule has 0 spiro atoms. The number of amides is 4. The smallest absolute Gasteiger partial charge is 0.277 e. The molecule has 0 aromatic rings. The van der Waals surface area contributed by atoms with E-state index in [9.17, 15) is 14.4 Å². The van der Waals surface area contributed by atoms with E-state index in [4.69, 9.17) is 0 Å². The average molecular weight is 238 g/mol. The topological polar surface area (TPSA) is 66.5 Å². The Kier molecular flexibility index (Phi) is 2.72. The van der Waals surface area contributed by atoms with Crippen LogP contribution in [0.1, 0.15) is 40.0 Å². The Hall–Kier alpha value is -1.39. The molecule has 0 aromatic heterocycles. The third kappa shape index (κ3) is 1.73. The number of rotatable bonds is 2. The lowest BCUT2D eigenvalue weighted by atomic mass is 9.78. The average Bonchev–Trinajstić information content (AvgIpc) is 2.12. The van der Waals surface area contributed by atoms with Gasteiger partial charge in [0.2, 0.25) is 11.8 Å². The molecule has 2 rings (SSSR count). The second-order valence-electron chi connectivity index (χ2n) is 5.49. The molecule has 0 aromatic carbocycles. The summed E-state index contributed by atoms with van der Waals surface area (Å²) in [6.07, 6.45) is 3.25. The monoisotopic (exact) mass is 238 g/mol. The van der Waals surface area contributed by atoms with Gasteiger partial charge in [0.05, 0.1) is 0 Å². The van der Waals surface area contributed by atoms with Crippen molar-refractivity contribution in [3.63, 3.8) is 0 Å². The number of hydrogen-bond donors (Lipinski definition) is 1. The number of hydrogen-bond acceptors (Lipinski definition) is 3. The molecule has 1 aliphatic carbocycles. The summed E-state index contributed by atoms with van der Waals surface area (Å²) >= 11 is 0. The van der Waals surface area contributed by atoms with Crippen molar-refractivity contribution in [3.05, 3.63) is 0 Å². The summed E-state index contributed by atoms with van der Waals surface area (Å²) < 4.78 is 0. The highest BCUT2D eigenvalue weighted by Gasteiger charge is 2.49. The lowest BCUT2D eigenvalue weighted by Gasteiger charge is -2.42. The van der Waals surface area contributed by atoms with Crippen molar-refractivity contribution in [2.75, 3.05) is 0 Å². The van der Waals surface area contributed by atoms with E-state index in [1.807, 2.05) is 6.92 Å². The fourth-order valence-electron chi connectivity index (χ4n) is 2.31. The Balaban J connectivity index is 2.23. The maximum atomic E-state index is 12.2. The first kappa shape index (κ1) is 12.1. The Bertz CT molecular complexity index is 385. The molecule has 1 N–H and O–H groups in total. The number of carbonyl (C=O) groups is 3.